The van der Waals surface area contributed by atoms with Gasteiger partial charge in [-0.25, -0.2) is 9.59 Å². The van der Waals surface area contributed by atoms with Crippen LogP contribution in [-0.2, 0) is 27.1 Å². The Kier molecular flexibility index (Phi) is 6.72. The summed E-state index contributed by atoms with van der Waals surface area (Å²) in [6.07, 6.45) is 3.44. The third kappa shape index (κ3) is 4.79. The van der Waals surface area contributed by atoms with Crippen LogP contribution in [0, 0.1) is 0 Å². The first-order valence-electron chi connectivity index (χ1n) is 9.83. The van der Waals surface area contributed by atoms with Gasteiger partial charge in [0.1, 0.15) is 5.75 Å². The van der Waals surface area contributed by atoms with Crippen molar-refractivity contribution in [3.63, 3.8) is 0 Å². The van der Waals surface area contributed by atoms with E-state index >= 15 is 0 Å². The van der Waals surface area contributed by atoms with Crippen LogP contribution in [0.4, 0.5) is 5.69 Å². The van der Waals surface area contributed by atoms with Crippen LogP contribution in [0.15, 0.2) is 36.4 Å². The predicted octanol–water partition coefficient (Wildman–Crippen LogP) is 3.54. The van der Waals surface area contributed by atoms with Crippen LogP contribution < -0.4 is 10.1 Å². The molecule has 0 saturated carbocycles. The van der Waals surface area contributed by atoms with Gasteiger partial charge in [-0.1, -0.05) is 12.1 Å². The highest BCUT2D eigenvalue weighted by Gasteiger charge is 2.21. The largest absolute Gasteiger partial charge is 0.481 e. The zero-order chi connectivity index (χ0) is 21.7. The Morgan fingerprint density at radius 2 is 1.57 bits per heavy atom. The third-order valence-electron chi connectivity index (χ3n) is 5.07. The summed E-state index contributed by atoms with van der Waals surface area (Å²) in [5.74, 6) is -0.942. The van der Waals surface area contributed by atoms with Gasteiger partial charge in [0.2, 0.25) is 0 Å². The first-order valence-corrected chi connectivity index (χ1v) is 9.83. The highest BCUT2D eigenvalue weighted by Crippen LogP contribution is 2.30. The van der Waals surface area contributed by atoms with Crippen LogP contribution in [0.1, 0.15) is 51.6 Å². The van der Waals surface area contributed by atoms with E-state index in [1.807, 2.05) is 12.1 Å². The summed E-state index contributed by atoms with van der Waals surface area (Å²) in [5.41, 5.74) is 2.94. The first kappa shape index (κ1) is 21.4. The molecule has 0 unspecified atom stereocenters. The van der Waals surface area contributed by atoms with E-state index in [1.165, 1.54) is 38.0 Å². The first-order chi connectivity index (χ1) is 14.4. The van der Waals surface area contributed by atoms with Crippen molar-refractivity contribution in [2.75, 3.05) is 19.5 Å². The van der Waals surface area contributed by atoms with E-state index in [-0.39, 0.29) is 16.8 Å². The summed E-state index contributed by atoms with van der Waals surface area (Å²) < 4.78 is 15.4. The van der Waals surface area contributed by atoms with Gasteiger partial charge < -0.3 is 19.5 Å². The van der Waals surface area contributed by atoms with Gasteiger partial charge in [-0.2, -0.15) is 0 Å². The number of fused-ring (bicyclic) bond motifs is 1. The van der Waals surface area contributed by atoms with Gasteiger partial charge in [0.05, 0.1) is 25.3 Å². The van der Waals surface area contributed by atoms with Gasteiger partial charge in [0.15, 0.2) is 6.10 Å². The molecule has 3 rings (SSSR count). The van der Waals surface area contributed by atoms with E-state index in [4.69, 9.17) is 14.2 Å². The number of nitrogens with one attached hydrogen (secondary N) is 1. The number of methoxy groups -OCH3 is 2. The molecule has 0 spiro atoms. The zero-order valence-corrected chi connectivity index (χ0v) is 17.3. The fourth-order valence-electron chi connectivity index (χ4n) is 3.52. The third-order valence-corrected chi connectivity index (χ3v) is 5.07. The molecule has 7 heteroatoms. The van der Waals surface area contributed by atoms with Crippen LogP contribution >= 0.6 is 0 Å². The molecule has 30 heavy (non-hydrogen) atoms. The van der Waals surface area contributed by atoms with Crippen molar-refractivity contribution in [1.29, 1.82) is 0 Å². The maximum Gasteiger partial charge on any atom is 0.337 e. The summed E-state index contributed by atoms with van der Waals surface area (Å²) in [7, 11) is 2.48. The molecule has 2 aromatic rings. The molecule has 0 aromatic heterocycles. The molecule has 0 bridgehead atoms. The van der Waals surface area contributed by atoms with Crippen LogP contribution in [0.25, 0.3) is 0 Å². The lowest BCUT2D eigenvalue weighted by atomic mass is 9.91. The topological polar surface area (TPSA) is 90.9 Å². The molecule has 0 fully saturated rings. The molecule has 1 aliphatic rings. The number of esters is 2. The van der Waals surface area contributed by atoms with E-state index in [0.29, 0.717) is 5.75 Å². The average molecular weight is 411 g/mol. The second kappa shape index (κ2) is 9.43. The van der Waals surface area contributed by atoms with Crippen LogP contribution in [-0.4, -0.2) is 38.2 Å². The van der Waals surface area contributed by atoms with E-state index < -0.39 is 23.9 Å². The number of aryl methyl sites for hydroxylation is 1. The number of carbonyl (C=O) groups is 3. The summed E-state index contributed by atoms with van der Waals surface area (Å²) in [4.78, 5) is 36.5. The van der Waals surface area contributed by atoms with Crippen molar-refractivity contribution in [1.82, 2.24) is 0 Å². The van der Waals surface area contributed by atoms with Crippen molar-refractivity contribution < 1.29 is 28.6 Å². The Morgan fingerprint density at radius 1 is 0.933 bits per heavy atom. The SMILES string of the molecule is COC(=O)c1cc(NC(=O)[C@H](C)Oc2cccc3c2CCCC3)cc(C(=O)OC)c1. The van der Waals surface area contributed by atoms with Gasteiger partial charge in [-0.15, -0.1) is 0 Å². The van der Waals surface area contributed by atoms with Crippen molar-refractivity contribution >= 4 is 23.5 Å². The lowest BCUT2D eigenvalue weighted by Gasteiger charge is -2.22. The molecule has 2 aromatic carbocycles. The van der Waals surface area contributed by atoms with E-state index in [2.05, 4.69) is 11.4 Å². The highest BCUT2D eigenvalue weighted by atomic mass is 16.5. The van der Waals surface area contributed by atoms with Gasteiger partial charge in [-0.05, 0) is 68.0 Å². The molecule has 1 amide bonds. The predicted molar refractivity (Wildman–Crippen MR) is 111 cm³/mol. The maximum atomic E-state index is 12.7. The summed E-state index contributed by atoms with van der Waals surface area (Å²) in [6.45, 7) is 1.66. The van der Waals surface area contributed by atoms with Crippen molar-refractivity contribution in [3.8, 4) is 5.75 Å². The van der Waals surface area contributed by atoms with Crippen molar-refractivity contribution in [3.05, 3.63) is 58.7 Å². The Labute approximate surface area is 175 Å². The van der Waals surface area contributed by atoms with Gasteiger partial charge in [-0.3, -0.25) is 4.79 Å². The van der Waals surface area contributed by atoms with Crippen molar-refractivity contribution in [2.45, 2.75) is 38.7 Å². The fraction of sp³-hybridized carbons (Fsp3) is 0.348. The molecule has 1 N–H and O–H groups in total. The van der Waals surface area contributed by atoms with Crippen LogP contribution in [0.5, 0.6) is 5.75 Å². The van der Waals surface area contributed by atoms with E-state index in [0.717, 1.165) is 31.2 Å². The second-order valence-corrected chi connectivity index (χ2v) is 7.13. The van der Waals surface area contributed by atoms with E-state index in [9.17, 15) is 14.4 Å². The molecular weight excluding hydrogens is 386 g/mol. The summed E-state index contributed by atoms with van der Waals surface area (Å²) in [5, 5.41) is 2.70. The number of carbonyl (C=O) groups excluding carboxylic acids is 3. The molecule has 1 atom stereocenters. The monoisotopic (exact) mass is 411 g/mol. The fourth-order valence-corrected chi connectivity index (χ4v) is 3.52. The smallest absolute Gasteiger partial charge is 0.337 e. The maximum absolute atomic E-state index is 12.7. The lowest BCUT2D eigenvalue weighted by molar-refractivity contribution is -0.122. The Morgan fingerprint density at radius 3 is 2.20 bits per heavy atom. The molecular formula is C23H25NO6. The lowest BCUT2D eigenvalue weighted by Crippen LogP contribution is -2.30. The molecule has 0 aliphatic heterocycles. The van der Waals surface area contributed by atoms with Crippen LogP contribution in [0.2, 0.25) is 0 Å². The van der Waals surface area contributed by atoms with Crippen LogP contribution in [0.3, 0.4) is 0 Å². The zero-order valence-electron chi connectivity index (χ0n) is 17.3. The quantitative estimate of drug-likeness (QED) is 0.731. The molecule has 0 heterocycles. The van der Waals surface area contributed by atoms with Crippen molar-refractivity contribution in [2.24, 2.45) is 0 Å². The number of anilines is 1. The number of ether oxygens (including phenoxy) is 3. The minimum Gasteiger partial charge on any atom is -0.481 e. The number of hydrogen-bond donors (Lipinski definition) is 1. The molecule has 1 aliphatic carbocycles. The number of benzene rings is 2. The molecule has 0 radical (unpaired) electrons. The standard InChI is InChI=1S/C23H25NO6/c1-14(30-20-10-6-8-15-7-4-5-9-19(15)20)21(25)24-18-12-16(22(26)28-2)11-17(13-18)23(27)29-3/h6,8,10-14H,4-5,7,9H2,1-3H3,(H,24,25)/t14-/m0/s1. The summed E-state index contributed by atoms with van der Waals surface area (Å²) in [6, 6.07) is 10.1. The Balaban J connectivity index is 1.78. The highest BCUT2D eigenvalue weighted by molar-refractivity contribution is 6.00. The average Bonchev–Trinajstić information content (AvgIpc) is 2.77. The van der Waals surface area contributed by atoms with Gasteiger partial charge in [0, 0.05) is 5.69 Å². The normalized spacial score (nSPS) is 13.6. The number of amides is 1. The minimum absolute atomic E-state index is 0.126. The van der Waals surface area contributed by atoms with Gasteiger partial charge in [0.25, 0.3) is 5.91 Å². The Hall–Kier alpha value is -3.35. The minimum atomic E-state index is -0.776. The molecule has 158 valence electrons. The summed E-state index contributed by atoms with van der Waals surface area (Å²) >= 11 is 0. The second-order valence-electron chi connectivity index (χ2n) is 7.13. The van der Waals surface area contributed by atoms with Gasteiger partial charge >= 0.3 is 11.9 Å². The Bertz CT molecular complexity index is 934. The number of rotatable bonds is 6. The molecule has 7 nitrogen and oxygen atoms in total. The molecule has 0 saturated heterocycles. The van der Waals surface area contributed by atoms with E-state index in [1.54, 1.807) is 6.92 Å². The number of hydrogen-bond acceptors (Lipinski definition) is 6.